The summed E-state index contributed by atoms with van der Waals surface area (Å²) in [5.41, 5.74) is 0.143. The van der Waals surface area contributed by atoms with Gasteiger partial charge in [-0.3, -0.25) is 9.10 Å². The molecule has 2 aromatic rings. The number of benzene rings is 1. The maximum Gasteiger partial charge on any atom is 0.324 e. The van der Waals surface area contributed by atoms with Gasteiger partial charge in [-0.2, -0.15) is 0 Å². The molecule has 0 radical (unpaired) electrons. The van der Waals surface area contributed by atoms with Crippen molar-refractivity contribution in [1.82, 2.24) is 0 Å². The van der Waals surface area contributed by atoms with Gasteiger partial charge < -0.3 is 5.11 Å². The highest BCUT2D eigenvalue weighted by atomic mass is 35.5. The van der Waals surface area contributed by atoms with Crippen molar-refractivity contribution in [3.05, 3.63) is 46.8 Å². The number of carbonyl (C=O) groups is 1. The number of nitrogens with zero attached hydrogens (tertiary/aromatic N) is 1. The number of thiophene rings is 1. The smallest absolute Gasteiger partial charge is 0.324 e. The Bertz CT molecular complexity index is 713. The highest BCUT2D eigenvalue weighted by molar-refractivity contribution is 7.94. The van der Waals surface area contributed by atoms with Crippen LogP contribution in [0.15, 0.2) is 46.0 Å². The topological polar surface area (TPSA) is 74.7 Å². The van der Waals surface area contributed by atoms with Crippen LogP contribution in [-0.2, 0) is 14.8 Å². The quantitative estimate of drug-likeness (QED) is 0.914. The van der Waals surface area contributed by atoms with Gasteiger partial charge in [0, 0.05) is 0 Å². The van der Waals surface area contributed by atoms with Crippen LogP contribution in [0, 0.1) is 0 Å². The number of halogens is 1. The molecule has 0 amide bonds. The first-order valence-corrected chi connectivity index (χ1v) is 8.15. The van der Waals surface area contributed by atoms with E-state index in [-0.39, 0.29) is 14.9 Å². The van der Waals surface area contributed by atoms with Crippen LogP contribution in [0.5, 0.6) is 0 Å². The van der Waals surface area contributed by atoms with Crippen molar-refractivity contribution < 1.29 is 18.3 Å². The van der Waals surface area contributed by atoms with Crippen LogP contribution in [0.4, 0.5) is 5.69 Å². The number of hydrogen-bond acceptors (Lipinski definition) is 4. The van der Waals surface area contributed by atoms with Crippen molar-refractivity contribution in [2.24, 2.45) is 0 Å². The molecular formula is C12H10ClNO4S2. The van der Waals surface area contributed by atoms with E-state index in [4.69, 9.17) is 16.7 Å². The summed E-state index contributed by atoms with van der Waals surface area (Å²) in [6.45, 7) is -0.691. The third kappa shape index (κ3) is 2.95. The number of carboxylic acid groups (broad SMARTS) is 1. The summed E-state index contributed by atoms with van der Waals surface area (Å²) in [7, 11) is -3.94. The predicted molar refractivity (Wildman–Crippen MR) is 77.9 cm³/mol. The minimum atomic E-state index is -3.94. The van der Waals surface area contributed by atoms with Gasteiger partial charge >= 0.3 is 5.97 Å². The molecule has 0 aliphatic rings. The molecule has 8 heteroatoms. The van der Waals surface area contributed by atoms with Crippen LogP contribution < -0.4 is 4.31 Å². The summed E-state index contributed by atoms with van der Waals surface area (Å²) in [6.07, 6.45) is 0. The molecule has 20 heavy (non-hydrogen) atoms. The van der Waals surface area contributed by atoms with E-state index >= 15 is 0 Å². The first-order chi connectivity index (χ1) is 9.43. The highest BCUT2D eigenvalue weighted by Gasteiger charge is 2.29. The Hall–Kier alpha value is -1.57. The van der Waals surface area contributed by atoms with Gasteiger partial charge in [0.15, 0.2) is 0 Å². The number of para-hydroxylation sites is 1. The molecule has 0 bridgehead atoms. The van der Waals surface area contributed by atoms with E-state index in [0.29, 0.717) is 0 Å². The van der Waals surface area contributed by atoms with Crippen LogP contribution in [0.1, 0.15) is 0 Å². The van der Waals surface area contributed by atoms with Gasteiger partial charge in [0.25, 0.3) is 10.0 Å². The lowest BCUT2D eigenvalue weighted by Gasteiger charge is -2.22. The molecule has 1 aromatic heterocycles. The molecule has 0 aliphatic heterocycles. The van der Waals surface area contributed by atoms with Gasteiger partial charge in [-0.15, -0.1) is 11.3 Å². The highest BCUT2D eigenvalue weighted by Crippen LogP contribution is 2.31. The molecule has 1 heterocycles. The third-order valence-corrected chi connectivity index (χ3v) is 5.89. The fourth-order valence-corrected chi connectivity index (χ4v) is 4.42. The monoisotopic (exact) mass is 331 g/mol. The van der Waals surface area contributed by atoms with E-state index in [0.717, 1.165) is 15.6 Å². The van der Waals surface area contributed by atoms with Crippen LogP contribution in [0.3, 0.4) is 0 Å². The molecule has 2 rings (SSSR count). The predicted octanol–water partition coefficient (Wildman–Crippen LogP) is 2.68. The summed E-state index contributed by atoms with van der Waals surface area (Å²) in [6, 6.07) is 9.23. The average molecular weight is 332 g/mol. The lowest BCUT2D eigenvalue weighted by molar-refractivity contribution is -0.135. The Balaban J connectivity index is 2.55. The maximum absolute atomic E-state index is 12.5. The Kier molecular flexibility index (Phi) is 4.32. The van der Waals surface area contributed by atoms with Gasteiger partial charge in [-0.05, 0) is 23.6 Å². The number of rotatable bonds is 5. The molecule has 0 spiro atoms. The number of hydrogen-bond donors (Lipinski definition) is 1. The largest absolute Gasteiger partial charge is 0.480 e. The Labute approximate surface area is 125 Å². The number of sulfonamides is 1. The molecule has 0 atom stereocenters. The second-order valence-electron chi connectivity index (χ2n) is 3.79. The van der Waals surface area contributed by atoms with Crippen molar-refractivity contribution in [2.75, 3.05) is 10.8 Å². The molecule has 106 valence electrons. The SMILES string of the molecule is O=C(O)CN(c1ccccc1Cl)S(=O)(=O)c1cccs1. The van der Waals surface area contributed by atoms with Crippen LogP contribution in [-0.4, -0.2) is 26.0 Å². The van der Waals surface area contributed by atoms with Gasteiger partial charge in [-0.25, -0.2) is 8.42 Å². The Morgan fingerprint density at radius 3 is 2.50 bits per heavy atom. The van der Waals surface area contributed by atoms with Gasteiger partial charge in [0.1, 0.15) is 10.8 Å². The summed E-state index contributed by atoms with van der Waals surface area (Å²) in [5.74, 6) is -1.26. The Morgan fingerprint density at radius 1 is 1.25 bits per heavy atom. The van der Waals surface area contributed by atoms with E-state index in [1.807, 2.05) is 0 Å². The van der Waals surface area contributed by atoms with Crippen LogP contribution >= 0.6 is 22.9 Å². The summed E-state index contributed by atoms with van der Waals surface area (Å²) >= 11 is 6.99. The van der Waals surface area contributed by atoms with Crippen LogP contribution in [0.25, 0.3) is 0 Å². The average Bonchev–Trinajstić information content (AvgIpc) is 2.91. The fraction of sp³-hybridized carbons (Fsp3) is 0.0833. The lowest BCUT2D eigenvalue weighted by atomic mass is 10.3. The third-order valence-electron chi connectivity index (χ3n) is 2.44. The molecule has 0 aliphatic carbocycles. The summed E-state index contributed by atoms with van der Waals surface area (Å²) < 4.78 is 25.9. The van der Waals surface area contributed by atoms with E-state index in [1.54, 1.807) is 23.6 Å². The van der Waals surface area contributed by atoms with E-state index in [1.165, 1.54) is 18.2 Å². The van der Waals surface area contributed by atoms with Gasteiger partial charge in [-0.1, -0.05) is 29.8 Å². The molecule has 0 fully saturated rings. The lowest BCUT2D eigenvalue weighted by Crippen LogP contribution is -2.35. The molecule has 1 N–H and O–H groups in total. The van der Waals surface area contributed by atoms with Crippen molar-refractivity contribution in [1.29, 1.82) is 0 Å². The summed E-state index contributed by atoms with van der Waals surface area (Å²) in [5, 5.41) is 10.7. The number of carboxylic acids is 1. The Morgan fingerprint density at radius 2 is 1.95 bits per heavy atom. The molecule has 1 aromatic carbocycles. The van der Waals surface area contributed by atoms with Crippen molar-refractivity contribution in [3.8, 4) is 0 Å². The molecule has 5 nitrogen and oxygen atoms in total. The van der Waals surface area contributed by atoms with Crippen LogP contribution in [0.2, 0.25) is 5.02 Å². The van der Waals surface area contributed by atoms with Gasteiger partial charge in [0.2, 0.25) is 0 Å². The van der Waals surface area contributed by atoms with Crippen molar-refractivity contribution in [2.45, 2.75) is 4.21 Å². The zero-order valence-corrected chi connectivity index (χ0v) is 12.5. The molecule has 0 saturated heterocycles. The van der Waals surface area contributed by atoms with E-state index in [9.17, 15) is 13.2 Å². The van der Waals surface area contributed by atoms with E-state index < -0.39 is 22.5 Å². The zero-order valence-electron chi connectivity index (χ0n) is 10.1. The normalized spacial score (nSPS) is 11.2. The number of aliphatic carboxylic acids is 1. The van der Waals surface area contributed by atoms with Gasteiger partial charge in [0.05, 0.1) is 10.7 Å². The van der Waals surface area contributed by atoms with Crippen molar-refractivity contribution in [3.63, 3.8) is 0 Å². The van der Waals surface area contributed by atoms with E-state index in [2.05, 4.69) is 0 Å². The number of anilines is 1. The molecule has 0 saturated carbocycles. The summed E-state index contributed by atoms with van der Waals surface area (Å²) in [4.78, 5) is 11.0. The second-order valence-corrected chi connectivity index (χ2v) is 7.23. The fourth-order valence-electron chi connectivity index (χ4n) is 1.60. The zero-order chi connectivity index (χ0) is 14.8. The minimum absolute atomic E-state index is 0.0682. The first-order valence-electron chi connectivity index (χ1n) is 5.45. The van der Waals surface area contributed by atoms with Crippen molar-refractivity contribution >= 4 is 44.6 Å². The molecular weight excluding hydrogens is 322 g/mol. The maximum atomic E-state index is 12.5. The first kappa shape index (κ1) is 14.8. The second kappa shape index (κ2) is 5.82. The standard InChI is InChI=1S/C12H10ClNO4S2/c13-9-4-1-2-5-10(9)14(8-11(15)16)20(17,18)12-6-3-7-19-12/h1-7H,8H2,(H,15,16). The minimum Gasteiger partial charge on any atom is -0.480 e. The molecule has 0 unspecified atom stereocenters.